The van der Waals surface area contributed by atoms with Gasteiger partial charge in [-0.3, -0.25) is 9.80 Å². The van der Waals surface area contributed by atoms with Gasteiger partial charge in [-0.2, -0.15) is 5.26 Å². The van der Waals surface area contributed by atoms with Crippen LogP contribution < -0.4 is 0 Å². The van der Waals surface area contributed by atoms with Crippen molar-refractivity contribution in [1.82, 2.24) is 9.80 Å². The van der Waals surface area contributed by atoms with E-state index >= 15 is 0 Å². The minimum Gasteiger partial charge on any atom is -0.295 e. The zero-order valence-corrected chi connectivity index (χ0v) is 15.1. The number of nitriles is 1. The molecule has 0 rings (SSSR count). The molecule has 0 aromatic carbocycles. The molecule has 0 heterocycles. The van der Waals surface area contributed by atoms with Crippen LogP contribution in [0.5, 0.6) is 0 Å². The molecule has 0 saturated carbocycles. The number of nitrogens with zero attached hydrogens (tertiary/aromatic N) is 3. The Morgan fingerprint density at radius 3 is 1.47 bits per heavy atom. The Kier molecular flexibility index (Phi) is 7.51. The second kappa shape index (κ2) is 7.58. The number of rotatable bonds is 7. The van der Waals surface area contributed by atoms with Crippen LogP contribution in [0.25, 0.3) is 0 Å². The predicted octanol–water partition coefficient (Wildman–Crippen LogP) is 3.32. The standard InChI is InChI=1S/C15H32N3P/c1-11(2)17(12(3)4)10-15(19,9-16)18(13(5)6)14(7)8/h11-14H,10,19H2,1-8H3. The highest BCUT2D eigenvalue weighted by Gasteiger charge is 2.38. The van der Waals surface area contributed by atoms with Crippen molar-refractivity contribution in [3.63, 3.8) is 0 Å². The van der Waals surface area contributed by atoms with Crippen LogP contribution in [0.3, 0.4) is 0 Å². The molecule has 0 aliphatic heterocycles. The van der Waals surface area contributed by atoms with Crippen molar-refractivity contribution >= 4 is 9.24 Å². The fraction of sp³-hybridized carbons (Fsp3) is 0.933. The van der Waals surface area contributed by atoms with E-state index in [4.69, 9.17) is 0 Å². The maximum absolute atomic E-state index is 9.73. The first-order chi connectivity index (χ1) is 8.56. The number of hydrogen-bond donors (Lipinski definition) is 0. The summed E-state index contributed by atoms with van der Waals surface area (Å²) in [5.74, 6) is 0. The van der Waals surface area contributed by atoms with E-state index in [0.717, 1.165) is 6.54 Å². The van der Waals surface area contributed by atoms with Crippen LogP contribution in [-0.4, -0.2) is 45.8 Å². The van der Waals surface area contributed by atoms with Crippen molar-refractivity contribution in [2.45, 2.75) is 84.8 Å². The minimum absolute atomic E-state index is 0.346. The normalized spacial score (nSPS) is 15.9. The highest BCUT2D eigenvalue weighted by atomic mass is 31.0. The van der Waals surface area contributed by atoms with Gasteiger partial charge in [0.05, 0.1) is 6.07 Å². The van der Waals surface area contributed by atoms with Gasteiger partial charge in [-0.25, -0.2) is 0 Å². The summed E-state index contributed by atoms with van der Waals surface area (Å²) in [5.41, 5.74) is 0. The molecule has 0 N–H and O–H groups in total. The average molecular weight is 285 g/mol. The Bertz CT molecular complexity index is 291. The molecule has 0 bridgehead atoms. The van der Waals surface area contributed by atoms with Gasteiger partial charge >= 0.3 is 0 Å². The summed E-state index contributed by atoms with van der Waals surface area (Å²) in [6.45, 7) is 18.1. The van der Waals surface area contributed by atoms with Crippen LogP contribution in [0, 0.1) is 11.3 Å². The molecule has 0 spiro atoms. The van der Waals surface area contributed by atoms with Gasteiger partial charge in [-0.1, -0.05) is 9.24 Å². The maximum Gasteiger partial charge on any atom is 0.135 e. The van der Waals surface area contributed by atoms with E-state index in [-0.39, 0.29) is 0 Å². The second-order valence-electron chi connectivity index (χ2n) is 6.49. The van der Waals surface area contributed by atoms with Gasteiger partial charge in [0, 0.05) is 30.7 Å². The summed E-state index contributed by atoms with van der Waals surface area (Å²) < 4.78 is 0. The molecular formula is C15H32N3P. The van der Waals surface area contributed by atoms with Gasteiger partial charge in [0.25, 0.3) is 0 Å². The van der Waals surface area contributed by atoms with Crippen molar-refractivity contribution in [2.75, 3.05) is 6.54 Å². The summed E-state index contributed by atoms with van der Waals surface area (Å²) in [4.78, 5) is 4.67. The van der Waals surface area contributed by atoms with Crippen molar-refractivity contribution in [3.8, 4) is 6.07 Å². The Labute approximate surface area is 122 Å². The van der Waals surface area contributed by atoms with Gasteiger partial charge in [0.1, 0.15) is 5.28 Å². The highest BCUT2D eigenvalue weighted by molar-refractivity contribution is 7.19. The SMILES string of the molecule is CC(C)N(CC(P)(C#N)N(C(C)C)C(C)C)C(C)C. The smallest absolute Gasteiger partial charge is 0.135 e. The molecule has 112 valence electrons. The molecule has 0 radical (unpaired) electrons. The molecule has 0 saturated heterocycles. The van der Waals surface area contributed by atoms with Crippen LogP contribution in [0.1, 0.15) is 55.4 Å². The van der Waals surface area contributed by atoms with Crippen LogP contribution in [0.2, 0.25) is 0 Å². The third kappa shape index (κ3) is 5.03. The Morgan fingerprint density at radius 2 is 1.26 bits per heavy atom. The van der Waals surface area contributed by atoms with Crippen LogP contribution in [0.15, 0.2) is 0 Å². The van der Waals surface area contributed by atoms with Gasteiger partial charge in [0.2, 0.25) is 0 Å². The summed E-state index contributed by atoms with van der Waals surface area (Å²) in [5, 5.41) is 9.20. The van der Waals surface area contributed by atoms with Crippen molar-refractivity contribution in [1.29, 1.82) is 5.26 Å². The first-order valence-corrected chi connectivity index (χ1v) is 7.88. The first kappa shape index (κ1) is 18.8. The molecule has 2 unspecified atom stereocenters. The summed E-state index contributed by atoms with van der Waals surface area (Å²) >= 11 is 0. The van der Waals surface area contributed by atoms with E-state index in [1.807, 2.05) is 0 Å². The van der Waals surface area contributed by atoms with Crippen LogP contribution >= 0.6 is 9.24 Å². The molecular weight excluding hydrogens is 253 g/mol. The molecule has 0 aromatic rings. The topological polar surface area (TPSA) is 30.3 Å². The lowest BCUT2D eigenvalue weighted by atomic mass is 10.1. The molecule has 3 nitrogen and oxygen atoms in total. The molecule has 0 aliphatic rings. The molecule has 0 aliphatic carbocycles. The molecule has 0 aromatic heterocycles. The van der Waals surface area contributed by atoms with E-state index < -0.39 is 5.28 Å². The van der Waals surface area contributed by atoms with E-state index in [1.165, 1.54) is 0 Å². The Balaban J connectivity index is 5.30. The number of hydrogen-bond acceptors (Lipinski definition) is 3. The quantitative estimate of drug-likeness (QED) is 0.672. The second-order valence-corrected chi connectivity index (χ2v) is 7.45. The Morgan fingerprint density at radius 1 is 0.895 bits per heavy atom. The van der Waals surface area contributed by atoms with Gasteiger partial charge in [-0.15, -0.1) is 0 Å². The monoisotopic (exact) mass is 285 g/mol. The van der Waals surface area contributed by atoms with Gasteiger partial charge in [0.15, 0.2) is 0 Å². The highest BCUT2D eigenvalue weighted by Crippen LogP contribution is 2.30. The van der Waals surface area contributed by atoms with Crippen molar-refractivity contribution in [2.24, 2.45) is 0 Å². The zero-order valence-electron chi connectivity index (χ0n) is 13.9. The lowest BCUT2D eigenvalue weighted by Crippen LogP contribution is -2.58. The zero-order chi connectivity index (χ0) is 15.4. The Hall–Kier alpha value is -0.160. The van der Waals surface area contributed by atoms with E-state index in [0.29, 0.717) is 24.2 Å². The lowest BCUT2D eigenvalue weighted by molar-refractivity contribution is 0.0649. The minimum atomic E-state index is -0.531. The van der Waals surface area contributed by atoms with Crippen molar-refractivity contribution in [3.05, 3.63) is 0 Å². The fourth-order valence-corrected chi connectivity index (χ4v) is 3.74. The average Bonchev–Trinajstić information content (AvgIpc) is 2.23. The summed E-state index contributed by atoms with van der Waals surface area (Å²) in [6.07, 6.45) is 0. The third-order valence-corrected chi connectivity index (χ3v) is 4.13. The van der Waals surface area contributed by atoms with E-state index in [9.17, 15) is 5.26 Å². The lowest BCUT2D eigenvalue weighted by Gasteiger charge is -2.46. The molecule has 4 heteroatoms. The van der Waals surface area contributed by atoms with Crippen molar-refractivity contribution < 1.29 is 0 Å². The van der Waals surface area contributed by atoms with Gasteiger partial charge in [-0.05, 0) is 55.4 Å². The van der Waals surface area contributed by atoms with E-state index in [1.54, 1.807) is 0 Å². The molecule has 19 heavy (non-hydrogen) atoms. The maximum atomic E-state index is 9.73. The van der Waals surface area contributed by atoms with E-state index in [2.05, 4.69) is 80.5 Å². The largest absolute Gasteiger partial charge is 0.295 e. The van der Waals surface area contributed by atoms with Crippen LogP contribution in [-0.2, 0) is 0 Å². The molecule has 0 amide bonds. The van der Waals surface area contributed by atoms with Crippen LogP contribution in [0.4, 0.5) is 0 Å². The van der Waals surface area contributed by atoms with Gasteiger partial charge < -0.3 is 0 Å². The summed E-state index contributed by atoms with van der Waals surface area (Å²) in [7, 11) is 2.80. The summed E-state index contributed by atoms with van der Waals surface area (Å²) in [6, 6.07) is 4.10. The molecule has 2 atom stereocenters. The third-order valence-electron chi connectivity index (χ3n) is 3.52. The predicted molar refractivity (Wildman–Crippen MR) is 87.1 cm³/mol. The molecule has 0 fully saturated rings. The fourth-order valence-electron chi connectivity index (χ4n) is 2.93. The first-order valence-electron chi connectivity index (χ1n) is 7.31.